The average molecular weight is 403 g/mol. The number of piperazine rings is 1. The van der Waals surface area contributed by atoms with Gasteiger partial charge in [0.2, 0.25) is 5.91 Å². The average Bonchev–Trinajstić information content (AvgIpc) is 2.70. The molecule has 3 rings (SSSR count). The summed E-state index contributed by atoms with van der Waals surface area (Å²) in [5.41, 5.74) is 3.05. The van der Waals surface area contributed by atoms with Crippen molar-refractivity contribution in [1.82, 2.24) is 15.1 Å². The lowest BCUT2D eigenvalue weighted by Crippen LogP contribution is -2.43. The second kappa shape index (κ2) is 10.3. The number of ether oxygens (including phenoxy) is 1. The molecule has 5 nitrogen and oxygen atoms in total. The number of nitrogens with zero attached hydrogens (tertiary/aromatic N) is 2. The van der Waals surface area contributed by atoms with E-state index in [9.17, 15) is 13.6 Å². The van der Waals surface area contributed by atoms with Crippen LogP contribution in [0.3, 0.4) is 0 Å². The van der Waals surface area contributed by atoms with Crippen LogP contribution in [0.4, 0.5) is 8.78 Å². The SMILES string of the molecule is CN1CCN(Cc2cccc(CNC(=O)Cc3ccc(OC(F)F)cc3)c2)CC1. The van der Waals surface area contributed by atoms with Crippen LogP contribution in [0.5, 0.6) is 5.75 Å². The second-order valence-corrected chi connectivity index (χ2v) is 7.38. The number of alkyl halides is 2. The molecule has 0 atom stereocenters. The Labute approximate surface area is 170 Å². The fourth-order valence-corrected chi connectivity index (χ4v) is 3.34. The lowest BCUT2D eigenvalue weighted by Gasteiger charge is -2.32. The monoisotopic (exact) mass is 403 g/mol. The third kappa shape index (κ3) is 7.11. The van der Waals surface area contributed by atoms with Gasteiger partial charge in [0.1, 0.15) is 5.75 Å². The van der Waals surface area contributed by atoms with Gasteiger partial charge in [0.25, 0.3) is 0 Å². The molecule has 1 heterocycles. The van der Waals surface area contributed by atoms with Crippen LogP contribution in [-0.4, -0.2) is 55.5 Å². The lowest BCUT2D eigenvalue weighted by atomic mass is 10.1. The van der Waals surface area contributed by atoms with Crippen molar-refractivity contribution >= 4 is 5.91 Å². The summed E-state index contributed by atoms with van der Waals surface area (Å²) in [5.74, 6) is -0.0293. The van der Waals surface area contributed by atoms with E-state index in [1.165, 1.54) is 17.7 Å². The minimum Gasteiger partial charge on any atom is -0.435 e. The van der Waals surface area contributed by atoms with Gasteiger partial charge in [0, 0.05) is 39.3 Å². The zero-order valence-electron chi connectivity index (χ0n) is 16.6. The van der Waals surface area contributed by atoms with E-state index in [2.05, 4.69) is 39.0 Å². The highest BCUT2D eigenvalue weighted by molar-refractivity contribution is 5.78. The number of nitrogens with one attached hydrogen (secondary N) is 1. The zero-order valence-corrected chi connectivity index (χ0v) is 16.6. The number of halogens is 2. The summed E-state index contributed by atoms with van der Waals surface area (Å²) in [6, 6.07) is 14.4. The van der Waals surface area contributed by atoms with Gasteiger partial charge >= 0.3 is 6.61 Å². The van der Waals surface area contributed by atoms with Crippen molar-refractivity contribution < 1.29 is 18.3 Å². The van der Waals surface area contributed by atoms with Crippen LogP contribution in [0.1, 0.15) is 16.7 Å². The summed E-state index contributed by atoms with van der Waals surface area (Å²) in [6.07, 6.45) is 0.190. The molecule has 1 N–H and O–H groups in total. The summed E-state index contributed by atoms with van der Waals surface area (Å²) in [5, 5.41) is 2.92. The predicted molar refractivity (Wildman–Crippen MR) is 108 cm³/mol. The molecule has 0 aromatic heterocycles. The van der Waals surface area contributed by atoms with Gasteiger partial charge in [-0.2, -0.15) is 8.78 Å². The van der Waals surface area contributed by atoms with E-state index < -0.39 is 6.61 Å². The molecule has 0 bridgehead atoms. The molecule has 1 fully saturated rings. The zero-order chi connectivity index (χ0) is 20.6. The van der Waals surface area contributed by atoms with E-state index in [1.54, 1.807) is 12.1 Å². The first-order chi connectivity index (χ1) is 14.0. The van der Waals surface area contributed by atoms with Crippen LogP contribution in [0.2, 0.25) is 0 Å². The molecule has 1 aliphatic heterocycles. The third-order valence-electron chi connectivity index (χ3n) is 5.00. The predicted octanol–water partition coefficient (Wildman–Crippen LogP) is 2.89. The first kappa shape index (κ1) is 21.2. The molecule has 2 aromatic rings. The Bertz CT molecular complexity index is 791. The second-order valence-electron chi connectivity index (χ2n) is 7.38. The number of hydrogen-bond acceptors (Lipinski definition) is 4. The van der Waals surface area contributed by atoms with E-state index in [-0.39, 0.29) is 18.1 Å². The fraction of sp³-hybridized carbons (Fsp3) is 0.409. The van der Waals surface area contributed by atoms with Gasteiger partial charge in [0.15, 0.2) is 0 Å². The van der Waals surface area contributed by atoms with Crippen LogP contribution in [0.25, 0.3) is 0 Å². The van der Waals surface area contributed by atoms with Crippen LogP contribution >= 0.6 is 0 Å². The number of benzene rings is 2. The Morgan fingerprint density at radius 1 is 1.03 bits per heavy atom. The maximum atomic E-state index is 12.2. The Morgan fingerprint density at radius 3 is 2.41 bits per heavy atom. The van der Waals surface area contributed by atoms with Crippen molar-refractivity contribution in [2.45, 2.75) is 26.1 Å². The Hall–Kier alpha value is -2.51. The van der Waals surface area contributed by atoms with Crippen molar-refractivity contribution in [2.24, 2.45) is 0 Å². The van der Waals surface area contributed by atoms with Gasteiger partial charge in [-0.1, -0.05) is 36.4 Å². The molecule has 29 heavy (non-hydrogen) atoms. The highest BCUT2D eigenvalue weighted by Gasteiger charge is 2.14. The number of amides is 1. The molecule has 0 unspecified atom stereocenters. The molecular formula is C22H27F2N3O2. The van der Waals surface area contributed by atoms with Crippen molar-refractivity contribution in [1.29, 1.82) is 0 Å². The summed E-state index contributed by atoms with van der Waals surface area (Å²) in [7, 11) is 2.15. The first-order valence-corrected chi connectivity index (χ1v) is 9.77. The summed E-state index contributed by atoms with van der Waals surface area (Å²) in [4.78, 5) is 17.0. The largest absolute Gasteiger partial charge is 0.435 e. The van der Waals surface area contributed by atoms with E-state index in [0.717, 1.165) is 43.9 Å². The van der Waals surface area contributed by atoms with Crippen molar-refractivity contribution in [2.75, 3.05) is 33.2 Å². The summed E-state index contributed by atoms with van der Waals surface area (Å²) >= 11 is 0. The van der Waals surface area contributed by atoms with Gasteiger partial charge in [-0.15, -0.1) is 0 Å². The van der Waals surface area contributed by atoms with Gasteiger partial charge < -0.3 is 15.0 Å². The van der Waals surface area contributed by atoms with Crippen LogP contribution in [0, 0.1) is 0 Å². The van der Waals surface area contributed by atoms with Crippen LogP contribution in [0.15, 0.2) is 48.5 Å². The third-order valence-corrected chi connectivity index (χ3v) is 5.00. The number of rotatable bonds is 8. The van der Waals surface area contributed by atoms with Crippen molar-refractivity contribution in [3.63, 3.8) is 0 Å². The Balaban J connectivity index is 1.46. The van der Waals surface area contributed by atoms with Crippen LogP contribution < -0.4 is 10.1 Å². The highest BCUT2D eigenvalue weighted by Crippen LogP contribution is 2.15. The van der Waals surface area contributed by atoms with Crippen molar-refractivity contribution in [3.8, 4) is 5.75 Å². The standard InChI is InChI=1S/C22H27F2N3O2/c1-26-9-11-27(12-10-26)16-19-4-2-3-18(13-19)15-25-21(28)14-17-5-7-20(8-6-17)29-22(23)24/h2-8,13,22H,9-12,14-16H2,1H3,(H,25,28). The Morgan fingerprint density at radius 2 is 1.72 bits per heavy atom. The lowest BCUT2D eigenvalue weighted by molar-refractivity contribution is -0.120. The minimum absolute atomic E-state index is 0.0846. The quantitative estimate of drug-likeness (QED) is 0.736. The molecule has 1 saturated heterocycles. The summed E-state index contributed by atoms with van der Waals surface area (Å²) < 4.78 is 28.7. The number of carbonyl (C=O) groups is 1. The molecule has 2 aromatic carbocycles. The first-order valence-electron chi connectivity index (χ1n) is 9.77. The van der Waals surface area contributed by atoms with Gasteiger partial charge in [-0.3, -0.25) is 9.69 Å². The smallest absolute Gasteiger partial charge is 0.387 e. The molecule has 1 amide bonds. The molecule has 0 saturated carbocycles. The van der Waals surface area contributed by atoms with E-state index in [1.807, 2.05) is 12.1 Å². The van der Waals surface area contributed by atoms with E-state index >= 15 is 0 Å². The van der Waals surface area contributed by atoms with E-state index in [0.29, 0.717) is 6.54 Å². The molecule has 1 aliphatic rings. The highest BCUT2D eigenvalue weighted by atomic mass is 19.3. The van der Waals surface area contributed by atoms with E-state index in [4.69, 9.17) is 0 Å². The van der Waals surface area contributed by atoms with Gasteiger partial charge in [-0.05, 0) is 35.9 Å². The minimum atomic E-state index is -2.85. The molecule has 0 aliphatic carbocycles. The van der Waals surface area contributed by atoms with Crippen molar-refractivity contribution in [3.05, 3.63) is 65.2 Å². The normalized spacial score (nSPS) is 15.4. The number of hydrogen-bond donors (Lipinski definition) is 1. The number of carbonyl (C=O) groups excluding carboxylic acids is 1. The molecule has 156 valence electrons. The van der Waals surface area contributed by atoms with Crippen LogP contribution in [-0.2, 0) is 24.3 Å². The molecule has 7 heteroatoms. The Kier molecular flexibility index (Phi) is 7.55. The topological polar surface area (TPSA) is 44.8 Å². The summed E-state index contributed by atoms with van der Waals surface area (Å²) in [6.45, 7) is 2.84. The van der Waals surface area contributed by atoms with Gasteiger partial charge in [0.05, 0.1) is 6.42 Å². The number of likely N-dealkylation sites (N-methyl/N-ethyl adjacent to an activating group) is 1. The van der Waals surface area contributed by atoms with Gasteiger partial charge in [-0.25, -0.2) is 0 Å². The molecular weight excluding hydrogens is 376 g/mol. The maximum Gasteiger partial charge on any atom is 0.387 e. The molecule has 0 spiro atoms. The fourth-order valence-electron chi connectivity index (χ4n) is 3.34. The molecule has 0 radical (unpaired) electrons. The maximum absolute atomic E-state index is 12.2.